The number of rotatable bonds is 0. The Bertz CT molecular complexity index is 469. The second kappa shape index (κ2) is 2.71. The Morgan fingerprint density at radius 2 is 2.00 bits per heavy atom. The van der Waals surface area contributed by atoms with Crippen LogP contribution < -0.4 is 0 Å². The first kappa shape index (κ1) is 8.52. The Labute approximate surface area is 80.6 Å². The molecule has 0 atom stereocenters. The van der Waals surface area contributed by atoms with Gasteiger partial charge in [0.25, 0.3) is 10.0 Å². The van der Waals surface area contributed by atoms with E-state index in [1.165, 1.54) is 12.3 Å². The van der Waals surface area contributed by atoms with E-state index >= 15 is 0 Å². The van der Waals surface area contributed by atoms with E-state index in [0.717, 1.165) is 0 Å². The van der Waals surface area contributed by atoms with Gasteiger partial charge in [0.1, 0.15) is 0 Å². The summed E-state index contributed by atoms with van der Waals surface area (Å²) in [5.41, 5.74) is 0.555. The molecule has 0 saturated carbocycles. The van der Waals surface area contributed by atoms with Crippen LogP contribution in [0.3, 0.4) is 0 Å². The summed E-state index contributed by atoms with van der Waals surface area (Å²) in [6.45, 7) is 0. The summed E-state index contributed by atoms with van der Waals surface area (Å²) in [6.07, 6.45) is 1.41. The van der Waals surface area contributed by atoms with E-state index in [2.05, 4.69) is 5.10 Å². The zero-order valence-electron chi connectivity index (χ0n) is 6.38. The van der Waals surface area contributed by atoms with Crippen LogP contribution in [0.15, 0.2) is 34.3 Å². The highest BCUT2D eigenvalue weighted by atomic mass is 35.5. The Hall–Kier alpha value is -1.07. The molecule has 0 N–H and O–H groups in total. The van der Waals surface area contributed by atoms with Crippen LogP contribution in [-0.4, -0.2) is 18.6 Å². The van der Waals surface area contributed by atoms with Crippen molar-refractivity contribution in [2.75, 3.05) is 0 Å². The van der Waals surface area contributed by atoms with Gasteiger partial charge in [0, 0.05) is 5.56 Å². The van der Waals surface area contributed by atoms with E-state index in [1.807, 2.05) is 0 Å². The fourth-order valence-electron chi connectivity index (χ4n) is 1.07. The van der Waals surface area contributed by atoms with Crippen LogP contribution in [0.2, 0.25) is 0 Å². The lowest BCUT2D eigenvalue weighted by atomic mass is 10.2. The average molecular weight is 217 g/mol. The van der Waals surface area contributed by atoms with Gasteiger partial charge in [-0.2, -0.15) is 13.5 Å². The molecule has 0 spiro atoms. The van der Waals surface area contributed by atoms with Crippen molar-refractivity contribution in [2.45, 2.75) is 4.90 Å². The van der Waals surface area contributed by atoms with Crippen molar-refractivity contribution in [3.63, 3.8) is 0 Å². The molecular formula is C7H5ClN2O2S. The van der Waals surface area contributed by atoms with Gasteiger partial charge >= 0.3 is 0 Å². The lowest BCUT2D eigenvalue weighted by Crippen LogP contribution is -2.22. The van der Waals surface area contributed by atoms with Crippen molar-refractivity contribution in [1.82, 2.24) is 3.93 Å². The van der Waals surface area contributed by atoms with E-state index in [0.29, 0.717) is 9.50 Å². The molecule has 2 rings (SSSR count). The fraction of sp³-hybridized carbons (Fsp3) is 0. The van der Waals surface area contributed by atoms with Gasteiger partial charge in [-0.05, 0) is 6.07 Å². The van der Waals surface area contributed by atoms with Gasteiger partial charge in [-0.3, -0.25) is 0 Å². The summed E-state index contributed by atoms with van der Waals surface area (Å²) >= 11 is 5.38. The Morgan fingerprint density at radius 1 is 1.31 bits per heavy atom. The topological polar surface area (TPSA) is 49.7 Å². The van der Waals surface area contributed by atoms with Crippen molar-refractivity contribution in [3.05, 3.63) is 29.8 Å². The van der Waals surface area contributed by atoms with E-state index in [1.54, 1.807) is 18.2 Å². The standard InChI is InChI=1S/C7H5ClN2O2S/c8-10-9-5-6-3-1-2-4-7(6)13(10,11)12/h1-5H. The highest BCUT2D eigenvalue weighted by Crippen LogP contribution is 2.24. The zero-order chi connectivity index (χ0) is 9.47. The number of halogens is 1. The lowest BCUT2D eigenvalue weighted by Gasteiger charge is -2.16. The van der Waals surface area contributed by atoms with Crippen molar-refractivity contribution in [3.8, 4) is 0 Å². The van der Waals surface area contributed by atoms with Crippen LogP contribution in [-0.2, 0) is 10.0 Å². The summed E-state index contributed by atoms with van der Waals surface area (Å²) in [7, 11) is -3.62. The highest BCUT2D eigenvalue weighted by molar-refractivity contribution is 7.90. The van der Waals surface area contributed by atoms with Gasteiger partial charge in [0.05, 0.1) is 22.9 Å². The molecule has 0 radical (unpaired) electrons. The van der Waals surface area contributed by atoms with Gasteiger partial charge in [-0.25, -0.2) is 0 Å². The molecule has 1 aliphatic heterocycles. The molecule has 0 aliphatic carbocycles. The van der Waals surface area contributed by atoms with Crippen LogP contribution in [0.25, 0.3) is 0 Å². The molecule has 1 heterocycles. The van der Waals surface area contributed by atoms with E-state index in [4.69, 9.17) is 11.8 Å². The molecule has 0 fully saturated rings. The molecule has 1 aromatic carbocycles. The zero-order valence-corrected chi connectivity index (χ0v) is 7.96. The van der Waals surface area contributed by atoms with E-state index < -0.39 is 10.0 Å². The first-order valence-electron chi connectivity index (χ1n) is 3.46. The maximum atomic E-state index is 11.5. The normalized spacial score (nSPS) is 18.4. The molecule has 0 bridgehead atoms. The number of nitrogens with zero attached hydrogens (tertiary/aromatic N) is 2. The second-order valence-electron chi connectivity index (χ2n) is 2.48. The third kappa shape index (κ3) is 1.20. The predicted octanol–water partition coefficient (Wildman–Crippen LogP) is 1.18. The van der Waals surface area contributed by atoms with E-state index in [9.17, 15) is 8.42 Å². The summed E-state index contributed by atoms with van der Waals surface area (Å²) in [5, 5.41) is 3.51. The molecule has 0 amide bonds. The fourth-order valence-corrected chi connectivity index (χ4v) is 2.34. The SMILES string of the molecule is O=S1(=O)c2ccccc2C=NN1Cl. The Morgan fingerprint density at radius 3 is 2.77 bits per heavy atom. The predicted molar refractivity (Wildman–Crippen MR) is 48.9 cm³/mol. The first-order chi connectivity index (χ1) is 6.12. The average Bonchev–Trinajstić information content (AvgIpc) is 2.13. The molecule has 1 aromatic rings. The van der Waals surface area contributed by atoms with Crippen molar-refractivity contribution in [2.24, 2.45) is 5.10 Å². The first-order valence-corrected chi connectivity index (χ1v) is 5.24. The summed E-state index contributed by atoms with van der Waals surface area (Å²) < 4.78 is 23.4. The summed E-state index contributed by atoms with van der Waals surface area (Å²) in [6, 6.07) is 6.54. The minimum absolute atomic E-state index is 0.181. The Kier molecular flexibility index (Phi) is 1.78. The molecule has 6 heteroatoms. The van der Waals surface area contributed by atoms with Gasteiger partial charge < -0.3 is 0 Å². The van der Waals surface area contributed by atoms with Gasteiger partial charge in [0.2, 0.25) is 0 Å². The maximum absolute atomic E-state index is 11.5. The van der Waals surface area contributed by atoms with E-state index in [-0.39, 0.29) is 4.90 Å². The number of fused-ring (bicyclic) bond motifs is 1. The summed E-state index contributed by atoms with van der Waals surface area (Å²) in [4.78, 5) is 0.181. The van der Waals surface area contributed by atoms with Crippen molar-refractivity contribution < 1.29 is 8.42 Å². The highest BCUT2D eigenvalue weighted by Gasteiger charge is 2.27. The second-order valence-corrected chi connectivity index (χ2v) is 4.74. The van der Waals surface area contributed by atoms with Crippen molar-refractivity contribution in [1.29, 1.82) is 0 Å². The van der Waals surface area contributed by atoms with Gasteiger partial charge in [-0.1, -0.05) is 22.1 Å². The van der Waals surface area contributed by atoms with Crippen LogP contribution in [0, 0.1) is 0 Å². The minimum Gasteiger partial charge on any atom is -0.198 e. The molecule has 0 aromatic heterocycles. The molecule has 0 saturated heterocycles. The Balaban J connectivity index is 2.76. The number of sulfonamides is 1. The monoisotopic (exact) mass is 216 g/mol. The largest absolute Gasteiger partial charge is 0.294 e. The third-order valence-electron chi connectivity index (χ3n) is 1.68. The quantitative estimate of drug-likeness (QED) is 0.612. The number of hydrogen-bond acceptors (Lipinski definition) is 3. The van der Waals surface area contributed by atoms with Crippen LogP contribution >= 0.6 is 11.8 Å². The third-order valence-corrected chi connectivity index (χ3v) is 3.73. The number of benzene rings is 1. The maximum Gasteiger partial charge on any atom is 0.294 e. The van der Waals surface area contributed by atoms with Gasteiger partial charge in [0.15, 0.2) is 0 Å². The van der Waals surface area contributed by atoms with Crippen LogP contribution in [0.4, 0.5) is 0 Å². The molecule has 0 unspecified atom stereocenters. The van der Waals surface area contributed by atoms with Gasteiger partial charge in [-0.15, -0.1) is 0 Å². The van der Waals surface area contributed by atoms with Crippen molar-refractivity contribution >= 4 is 28.0 Å². The molecular weight excluding hydrogens is 212 g/mol. The molecule has 4 nitrogen and oxygen atoms in total. The summed E-state index contributed by atoms with van der Waals surface area (Å²) in [5.74, 6) is 0. The number of hydrogen-bond donors (Lipinski definition) is 0. The van der Waals surface area contributed by atoms with Crippen LogP contribution in [0.1, 0.15) is 5.56 Å². The lowest BCUT2D eigenvalue weighted by molar-refractivity contribution is 0.545. The molecule has 68 valence electrons. The van der Waals surface area contributed by atoms with Crippen LogP contribution in [0.5, 0.6) is 0 Å². The molecule has 1 aliphatic rings. The smallest absolute Gasteiger partial charge is 0.198 e. The number of hydrazone groups is 1. The minimum atomic E-state index is -3.62. The molecule has 13 heavy (non-hydrogen) atoms.